The normalized spacial score (nSPS) is 20.7. The van der Waals surface area contributed by atoms with Crippen molar-refractivity contribution in [2.75, 3.05) is 13.1 Å². The number of piperidine rings is 1. The first-order valence-corrected chi connectivity index (χ1v) is 8.46. The smallest absolute Gasteiger partial charge is 0.262 e. The molecule has 8 heteroatoms. The van der Waals surface area contributed by atoms with Crippen LogP contribution in [0, 0.1) is 5.92 Å². The van der Waals surface area contributed by atoms with Crippen LogP contribution in [0.3, 0.4) is 0 Å². The van der Waals surface area contributed by atoms with E-state index < -0.39 is 10.0 Å². The second-order valence-electron chi connectivity index (χ2n) is 5.53. The molecule has 1 saturated heterocycles. The summed E-state index contributed by atoms with van der Waals surface area (Å²) >= 11 is 0. The van der Waals surface area contributed by atoms with Crippen LogP contribution in [-0.4, -0.2) is 45.6 Å². The van der Waals surface area contributed by atoms with Gasteiger partial charge in [-0.1, -0.05) is 0 Å². The fraction of sp³-hybridized carbons (Fsp3) is 0.538. The number of hydrogen-bond donors (Lipinski definition) is 1. The van der Waals surface area contributed by atoms with Crippen LogP contribution in [0.4, 0.5) is 0 Å². The Morgan fingerprint density at radius 3 is 3.00 bits per heavy atom. The number of aromatic nitrogens is 4. The van der Waals surface area contributed by atoms with Gasteiger partial charge in [0.2, 0.25) is 0 Å². The van der Waals surface area contributed by atoms with Crippen molar-refractivity contribution in [3.63, 3.8) is 0 Å². The van der Waals surface area contributed by atoms with E-state index in [0.29, 0.717) is 19.0 Å². The Morgan fingerprint density at radius 1 is 1.48 bits per heavy atom. The lowest BCUT2D eigenvalue weighted by Crippen LogP contribution is -2.40. The maximum Gasteiger partial charge on any atom is 0.262 e. The molecule has 3 rings (SSSR count). The van der Waals surface area contributed by atoms with E-state index in [1.54, 1.807) is 28.3 Å². The molecule has 0 saturated carbocycles. The molecule has 0 radical (unpaired) electrons. The van der Waals surface area contributed by atoms with Gasteiger partial charge in [-0.25, -0.2) is 13.4 Å². The van der Waals surface area contributed by atoms with E-state index in [0.717, 1.165) is 25.0 Å². The lowest BCUT2D eigenvalue weighted by Gasteiger charge is -2.31. The Hall–Kier alpha value is -1.67. The number of hydrogen-bond acceptors (Lipinski definition) is 4. The lowest BCUT2D eigenvalue weighted by molar-refractivity contribution is 0.263. The second kappa shape index (κ2) is 5.61. The third kappa shape index (κ3) is 3.01. The van der Waals surface area contributed by atoms with Gasteiger partial charge in [-0.05, 0) is 31.2 Å². The third-order valence-corrected chi connectivity index (χ3v) is 5.58. The Kier molecular flexibility index (Phi) is 3.81. The lowest BCUT2D eigenvalue weighted by atomic mass is 9.95. The van der Waals surface area contributed by atoms with Crippen LogP contribution in [0.2, 0.25) is 0 Å². The van der Waals surface area contributed by atoms with Gasteiger partial charge < -0.3 is 4.57 Å². The van der Waals surface area contributed by atoms with E-state index in [4.69, 9.17) is 0 Å². The quantitative estimate of drug-likeness (QED) is 0.905. The molecule has 0 aromatic carbocycles. The highest BCUT2D eigenvalue weighted by atomic mass is 32.2. The summed E-state index contributed by atoms with van der Waals surface area (Å²) in [6.07, 6.45) is 7.53. The molecule has 21 heavy (non-hydrogen) atoms. The van der Waals surface area contributed by atoms with Gasteiger partial charge in [0.15, 0.2) is 5.03 Å². The fourth-order valence-corrected chi connectivity index (χ4v) is 4.30. The van der Waals surface area contributed by atoms with Gasteiger partial charge in [-0.2, -0.15) is 9.40 Å². The summed E-state index contributed by atoms with van der Waals surface area (Å²) in [5.74, 6) is 0.317. The largest absolute Gasteiger partial charge is 0.339 e. The number of imidazole rings is 1. The summed E-state index contributed by atoms with van der Waals surface area (Å²) in [6.45, 7) is 1.11. The summed E-state index contributed by atoms with van der Waals surface area (Å²) in [6, 6.07) is 1.94. The maximum absolute atomic E-state index is 12.6. The molecule has 1 fully saturated rings. The van der Waals surface area contributed by atoms with Gasteiger partial charge in [0.25, 0.3) is 10.0 Å². The summed E-state index contributed by atoms with van der Waals surface area (Å²) in [5, 5.41) is 7.01. The van der Waals surface area contributed by atoms with Crippen LogP contribution in [0.15, 0.2) is 29.8 Å². The number of H-pyrrole nitrogens is 1. The molecule has 0 unspecified atom stereocenters. The number of aromatic amines is 1. The van der Waals surface area contributed by atoms with Crippen molar-refractivity contribution in [1.82, 2.24) is 24.1 Å². The van der Waals surface area contributed by atoms with E-state index >= 15 is 0 Å². The number of rotatable bonds is 4. The zero-order chi connectivity index (χ0) is 14.9. The van der Waals surface area contributed by atoms with Crippen molar-refractivity contribution < 1.29 is 8.42 Å². The summed E-state index contributed by atoms with van der Waals surface area (Å²) < 4.78 is 28.4. The molecular formula is C13H19N5O2S. The van der Waals surface area contributed by atoms with Gasteiger partial charge in [0.05, 0.1) is 6.33 Å². The monoisotopic (exact) mass is 309 g/mol. The SMILES string of the molecule is Cn1cnc(S(=O)(=O)N2CCC[C@@H](Cc3ccn[nH]3)C2)c1. The average molecular weight is 309 g/mol. The third-order valence-electron chi connectivity index (χ3n) is 3.83. The van der Waals surface area contributed by atoms with Crippen molar-refractivity contribution in [2.24, 2.45) is 13.0 Å². The Labute approximate surface area is 124 Å². The predicted molar refractivity (Wildman–Crippen MR) is 77.0 cm³/mol. The molecular weight excluding hydrogens is 290 g/mol. The molecule has 0 amide bonds. The number of aryl methyl sites for hydroxylation is 1. The molecule has 1 N–H and O–H groups in total. The highest BCUT2D eigenvalue weighted by Gasteiger charge is 2.31. The first-order chi connectivity index (χ1) is 10.1. The zero-order valence-electron chi connectivity index (χ0n) is 11.9. The number of nitrogens with one attached hydrogen (secondary N) is 1. The highest BCUT2D eigenvalue weighted by molar-refractivity contribution is 7.89. The predicted octanol–water partition coefficient (Wildman–Crippen LogP) is 0.787. The van der Waals surface area contributed by atoms with E-state index in [-0.39, 0.29) is 5.03 Å². The molecule has 114 valence electrons. The van der Waals surface area contributed by atoms with Crippen molar-refractivity contribution in [3.05, 3.63) is 30.5 Å². The molecule has 3 heterocycles. The van der Waals surface area contributed by atoms with Gasteiger partial charge >= 0.3 is 0 Å². The molecule has 7 nitrogen and oxygen atoms in total. The van der Waals surface area contributed by atoms with Gasteiger partial charge in [-0.3, -0.25) is 5.10 Å². The Bertz CT molecular complexity index is 692. The van der Waals surface area contributed by atoms with Crippen molar-refractivity contribution >= 4 is 10.0 Å². The topological polar surface area (TPSA) is 83.9 Å². The molecule has 1 atom stereocenters. The van der Waals surface area contributed by atoms with Crippen LogP contribution in [0.1, 0.15) is 18.5 Å². The van der Waals surface area contributed by atoms with E-state index in [1.807, 2.05) is 6.07 Å². The van der Waals surface area contributed by atoms with Crippen LogP contribution in [0.25, 0.3) is 0 Å². The van der Waals surface area contributed by atoms with Crippen LogP contribution in [0.5, 0.6) is 0 Å². The van der Waals surface area contributed by atoms with Crippen molar-refractivity contribution in [1.29, 1.82) is 0 Å². The van der Waals surface area contributed by atoms with Crippen LogP contribution in [-0.2, 0) is 23.5 Å². The van der Waals surface area contributed by atoms with E-state index in [1.165, 1.54) is 6.33 Å². The molecule has 1 aliphatic heterocycles. The van der Waals surface area contributed by atoms with Crippen LogP contribution >= 0.6 is 0 Å². The first kappa shape index (κ1) is 14.3. The minimum atomic E-state index is -3.48. The van der Waals surface area contributed by atoms with E-state index in [2.05, 4.69) is 15.2 Å². The summed E-state index contributed by atoms with van der Waals surface area (Å²) in [4.78, 5) is 3.98. The highest BCUT2D eigenvalue weighted by Crippen LogP contribution is 2.24. The minimum absolute atomic E-state index is 0.132. The van der Waals surface area contributed by atoms with Gasteiger partial charge in [-0.15, -0.1) is 0 Å². The standard InChI is InChI=1S/C13H19N5O2S/c1-17-9-13(14-10-17)21(19,20)18-6-2-3-11(8-18)7-12-4-5-15-16-12/h4-5,9-11H,2-3,6-8H2,1H3,(H,15,16)/t11-/m0/s1. The van der Waals surface area contributed by atoms with Gasteiger partial charge in [0.1, 0.15) is 0 Å². The Balaban J connectivity index is 1.73. The first-order valence-electron chi connectivity index (χ1n) is 7.02. The molecule has 1 aliphatic rings. The van der Waals surface area contributed by atoms with Crippen LogP contribution < -0.4 is 0 Å². The summed E-state index contributed by atoms with van der Waals surface area (Å²) in [7, 11) is -1.71. The number of sulfonamides is 1. The molecule has 2 aromatic rings. The number of nitrogens with zero attached hydrogens (tertiary/aromatic N) is 4. The van der Waals surface area contributed by atoms with Gasteiger partial charge in [0, 0.05) is 38.2 Å². The van der Waals surface area contributed by atoms with Crippen molar-refractivity contribution in [3.8, 4) is 0 Å². The van der Waals surface area contributed by atoms with E-state index in [9.17, 15) is 8.42 Å². The Morgan fingerprint density at radius 2 is 2.33 bits per heavy atom. The molecule has 0 bridgehead atoms. The second-order valence-corrected chi connectivity index (χ2v) is 7.42. The fourth-order valence-electron chi connectivity index (χ4n) is 2.78. The molecule has 2 aromatic heterocycles. The summed E-state index contributed by atoms with van der Waals surface area (Å²) in [5.41, 5.74) is 1.05. The molecule has 0 spiro atoms. The zero-order valence-corrected chi connectivity index (χ0v) is 12.8. The minimum Gasteiger partial charge on any atom is -0.339 e. The average Bonchev–Trinajstić information content (AvgIpc) is 3.11. The molecule has 0 aliphatic carbocycles. The van der Waals surface area contributed by atoms with Crippen molar-refractivity contribution in [2.45, 2.75) is 24.3 Å². The maximum atomic E-state index is 12.6.